The van der Waals surface area contributed by atoms with Gasteiger partial charge in [0.1, 0.15) is 0 Å². The van der Waals surface area contributed by atoms with Gasteiger partial charge in [0.05, 0.1) is 6.54 Å². The summed E-state index contributed by atoms with van der Waals surface area (Å²) in [6.07, 6.45) is 15.6. The van der Waals surface area contributed by atoms with Gasteiger partial charge in [-0.25, -0.2) is 0 Å². The van der Waals surface area contributed by atoms with Gasteiger partial charge < -0.3 is 5.11 Å². The van der Waals surface area contributed by atoms with Crippen molar-refractivity contribution in [2.45, 2.75) is 90.9 Å². The molecule has 21 heavy (non-hydrogen) atoms. The Hall–Kier alpha value is -0.570. The van der Waals surface area contributed by atoms with Crippen LogP contribution in [0.25, 0.3) is 0 Å². The zero-order valence-corrected chi connectivity index (χ0v) is 14.4. The van der Waals surface area contributed by atoms with Crippen molar-refractivity contribution in [1.82, 2.24) is 4.90 Å². The summed E-state index contributed by atoms with van der Waals surface area (Å²) in [5.41, 5.74) is 0. The van der Waals surface area contributed by atoms with Crippen LogP contribution in [0.15, 0.2) is 0 Å². The van der Waals surface area contributed by atoms with Crippen LogP contribution in [0.4, 0.5) is 0 Å². The molecule has 0 saturated carbocycles. The molecule has 126 valence electrons. The Morgan fingerprint density at radius 2 is 1.14 bits per heavy atom. The van der Waals surface area contributed by atoms with E-state index in [2.05, 4.69) is 18.7 Å². The Morgan fingerprint density at radius 1 is 0.714 bits per heavy atom. The number of carbonyl (C=O) groups is 1. The highest BCUT2D eigenvalue weighted by Crippen LogP contribution is 2.11. The van der Waals surface area contributed by atoms with Crippen molar-refractivity contribution in [2.75, 3.05) is 19.6 Å². The number of hydrogen-bond donors (Lipinski definition) is 1. The molecule has 0 amide bonds. The smallest absolute Gasteiger partial charge is 0.317 e. The Bertz CT molecular complexity index is 231. The predicted molar refractivity (Wildman–Crippen MR) is 90.8 cm³/mol. The zero-order valence-electron chi connectivity index (χ0n) is 14.4. The van der Waals surface area contributed by atoms with Gasteiger partial charge in [-0.3, -0.25) is 9.69 Å². The van der Waals surface area contributed by atoms with Crippen molar-refractivity contribution in [3.63, 3.8) is 0 Å². The molecule has 0 aliphatic heterocycles. The molecule has 0 aliphatic rings. The molecule has 3 heteroatoms. The molecule has 0 aromatic heterocycles. The van der Waals surface area contributed by atoms with E-state index < -0.39 is 5.97 Å². The lowest BCUT2D eigenvalue weighted by molar-refractivity contribution is -0.138. The maximum atomic E-state index is 10.8. The van der Waals surface area contributed by atoms with Crippen molar-refractivity contribution in [3.8, 4) is 0 Å². The summed E-state index contributed by atoms with van der Waals surface area (Å²) in [7, 11) is 0. The van der Waals surface area contributed by atoms with Gasteiger partial charge in [0, 0.05) is 0 Å². The number of rotatable bonds is 16. The van der Waals surface area contributed by atoms with Crippen LogP contribution in [0.2, 0.25) is 0 Å². The molecule has 0 aliphatic carbocycles. The van der Waals surface area contributed by atoms with Gasteiger partial charge in [-0.15, -0.1) is 0 Å². The lowest BCUT2D eigenvalue weighted by atomic mass is 10.1. The number of unbranched alkanes of at least 4 members (excludes halogenated alkanes) is 10. The van der Waals surface area contributed by atoms with E-state index in [-0.39, 0.29) is 6.54 Å². The second kappa shape index (κ2) is 15.8. The van der Waals surface area contributed by atoms with Gasteiger partial charge in [0.25, 0.3) is 0 Å². The third-order valence-corrected chi connectivity index (χ3v) is 4.01. The first-order valence-corrected chi connectivity index (χ1v) is 9.14. The molecule has 0 aromatic carbocycles. The molecule has 0 spiro atoms. The standard InChI is InChI=1S/C18H37NO2/c1-3-5-7-8-9-10-11-12-13-14-16-19(15-6-4-2)17-18(20)21/h3-17H2,1-2H3,(H,20,21). The number of nitrogens with zero attached hydrogens (tertiary/aromatic N) is 1. The first-order chi connectivity index (χ1) is 10.2. The monoisotopic (exact) mass is 299 g/mol. The third-order valence-electron chi connectivity index (χ3n) is 4.01. The minimum absolute atomic E-state index is 0.206. The average molecular weight is 299 g/mol. The van der Waals surface area contributed by atoms with Crippen LogP contribution in [0.3, 0.4) is 0 Å². The predicted octanol–water partition coefficient (Wildman–Crippen LogP) is 5.09. The first-order valence-electron chi connectivity index (χ1n) is 9.14. The Kier molecular flexibility index (Phi) is 15.4. The molecule has 1 N–H and O–H groups in total. The normalized spacial score (nSPS) is 11.2. The van der Waals surface area contributed by atoms with Crippen molar-refractivity contribution in [3.05, 3.63) is 0 Å². The fourth-order valence-corrected chi connectivity index (χ4v) is 2.67. The lowest BCUT2D eigenvalue weighted by Gasteiger charge is -2.19. The molecular weight excluding hydrogens is 262 g/mol. The fraction of sp³-hybridized carbons (Fsp3) is 0.944. The number of carboxylic acid groups (broad SMARTS) is 1. The summed E-state index contributed by atoms with van der Waals surface area (Å²) in [5.74, 6) is -0.696. The van der Waals surface area contributed by atoms with Gasteiger partial charge >= 0.3 is 5.97 Å². The SMILES string of the molecule is CCCCCCCCCCCCN(CCCC)CC(=O)O. The van der Waals surface area contributed by atoms with Crippen LogP contribution < -0.4 is 0 Å². The largest absolute Gasteiger partial charge is 0.480 e. The van der Waals surface area contributed by atoms with Crippen LogP contribution in [0.5, 0.6) is 0 Å². The molecule has 0 rings (SSSR count). The van der Waals surface area contributed by atoms with Crippen LogP contribution in [-0.2, 0) is 4.79 Å². The summed E-state index contributed by atoms with van der Waals surface area (Å²) in [5, 5.41) is 8.90. The van der Waals surface area contributed by atoms with Crippen molar-refractivity contribution in [2.24, 2.45) is 0 Å². The summed E-state index contributed by atoms with van der Waals surface area (Å²) in [6.45, 7) is 6.49. The molecule has 0 aromatic rings. The fourth-order valence-electron chi connectivity index (χ4n) is 2.67. The summed E-state index contributed by atoms with van der Waals surface area (Å²) in [6, 6.07) is 0. The van der Waals surface area contributed by atoms with E-state index >= 15 is 0 Å². The Morgan fingerprint density at radius 3 is 1.62 bits per heavy atom. The van der Waals surface area contributed by atoms with Crippen LogP contribution in [0, 0.1) is 0 Å². The molecule has 3 nitrogen and oxygen atoms in total. The van der Waals surface area contributed by atoms with Crippen molar-refractivity contribution in [1.29, 1.82) is 0 Å². The average Bonchev–Trinajstić information content (AvgIpc) is 2.46. The van der Waals surface area contributed by atoms with E-state index in [4.69, 9.17) is 5.11 Å². The molecular formula is C18H37NO2. The summed E-state index contributed by atoms with van der Waals surface area (Å²) in [4.78, 5) is 12.9. The number of hydrogen-bond acceptors (Lipinski definition) is 2. The minimum atomic E-state index is -0.696. The maximum absolute atomic E-state index is 10.8. The highest BCUT2D eigenvalue weighted by molar-refractivity contribution is 5.69. The molecule has 0 fully saturated rings. The highest BCUT2D eigenvalue weighted by Gasteiger charge is 2.08. The maximum Gasteiger partial charge on any atom is 0.317 e. The van der Waals surface area contributed by atoms with E-state index in [1.165, 1.54) is 57.8 Å². The third kappa shape index (κ3) is 15.6. The summed E-state index contributed by atoms with van der Waals surface area (Å²) < 4.78 is 0. The van der Waals surface area contributed by atoms with Gasteiger partial charge in [-0.05, 0) is 25.9 Å². The van der Waals surface area contributed by atoms with Crippen molar-refractivity contribution < 1.29 is 9.90 Å². The van der Waals surface area contributed by atoms with Crippen molar-refractivity contribution >= 4 is 5.97 Å². The van der Waals surface area contributed by atoms with Crippen LogP contribution in [0.1, 0.15) is 90.9 Å². The number of carboxylic acids is 1. The molecule has 0 heterocycles. The highest BCUT2D eigenvalue weighted by atomic mass is 16.4. The van der Waals surface area contributed by atoms with Gasteiger partial charge in [0.2, 0.25) is 0 Å². The molecule has 0 unspecified atom stereocenters. The molecule has 0 atom stereocenters. The van der Waals surface area contributed by atoms with Gasteiger partial charge in [-0.2, -0.15) is 0 Å². The zero-order chi connectivity index (χ0) is 15.8. The molecule has 0 bridgehead atoms. The summed E-state index contributed by atoms with van der Waals surface area (Å²) >= 11 is 0. The van der Waals surface area contributed by atoms with E-state index in [1.807, 2.05) is 0 Å². The molecule has 0 radical (unpaired) electrons. The Balaban J connectivity index is 3.42. The second-order valence-corrected chi connectivity index (χ2v) is 6.21. The first kappa shape index (κ1) is 20.4. The van der Waals surface area contributed by atoms with Crippen LogP contribution in [-0.4, -0.2) is 35.6 Å². The second-order valence-electron chi connectivity index (χ2n) is 6.21. The Labute approximate surface area is 132 Å². The molecule has 0 saturated heterocycles. The van der Waals surface area contributed by atoms with Gasteiger partial charge in [0.15, 0.2) is 0 Å². The van der Waals surface area contributed by atoms with E-state index in [9.17, 15) is 4.79 Å². The van der Waals surface area contributed by atoms with Gasteiger partial charge in [-0.1, -0.05) is 78.1 Å². The van der Waals surface area contributed by atoms with E-state index in [0.717, 1.165) is 32.4 Å². The quantitative estimate of drug-likeness (QED) is 0.403. The topological polar surface area (TPSA) is 40.5 Å². The lowest BCUT2D eigenvalue weighted by Crippen LogP contribution is -2.31. The van der Waals surface area contributed by atoms with E-state index in [1.54, 1.807) is 0 Å². The van der Waals surface area contributed by atoms with E-state index in [0.29, 0.717) is 0 Å². The minimum Gasteiger partial charge on any atom is -0.480 e. The number of aliphatic carboxylic acids is 1. The van der Waals surface area contributed by atoms with Crippen LogP contribution >= 0.6 is 0 Å².